The summed E-state index contributed by atoms with van der Waals surface area (Å²) in [6, 6.07) is 11.5. The molecule has 5 heteroatoms. The van der Waals surface area contributed by atoms with Crippen molar-refractivity contribution in [1.82, 2.24) is 5.32 Å². The third-order valence-electron chi connectivity index (χ3n) is 3.38. The first-order valence-electron chi connectivity index (χ1n) is 6.99. The summed E-state index contributed by atoms with van der Waals surface area (Å²) in [5.41, 5.74) is 1.50. The summed E-state index contributed by atoms with van der Waals surface area (Å²) in [4.78, 5) is 0. The van der Waals surface area contributed by atoms with E-state index in [1.54, 1.807) is 32.4 Å². The van der Waals surface area contributed by atoms with Crippen LogP contribution >= 0.6 is 0 Å². The lowest BCUT2D eigenvalue weighted by Crippen LogP contribution is -2.21. The standard InChI is InChI=1S/C17H20FNO3/c1-21-15-7-6-13(17(9-15)22-2)10-19-11-16(20)12-4-3-5-14(18)8-12/h3-9,16,19-20H,10-11H2,1-2H3/t16-/m0/s1. The Morgan fingerprint density at radius 1 is 1.14 bits per heavy atom. The second-order valence-electron chi connectivity index (χ2n) is 4.88. The Labute approximate surface area is 129 Å². The molecule has 2 rings (SSSR count). The van der Waals surface area contributed by atoms with Gasteiger partial charge in [-0.25, -0.2) is 4.39 Å². The van der Waals surface area contributed by atoms with Crippen molar-refractivity contribution < 1.29 is 19.0 Å². The van der Waals surface area contributed by atoms with Crippen molar-refractivity contribution in [3.63, 3.8) is 0 Å². The maximum absolute atomic E-state index is 13.1. The van der Waals surface area contributed by atoms with Crippen molar-refractivity contribution in [3.05, 3.63) is 59.4 Å². The number of hydrogen-bond donors (Lipinski definition) is 2. The van der Waals surface area contributed by atoms with E-state index in [4.69, 9.17) is 9.47 Å². The van der Waals surface area contributed by atoms with Crippen molar-refractivity contribution in [2.75, 3.05) is 20.8 Å². The first-order chi connectivity index (χ1) is 10.6. The fourth-order valence-corrected chi connectivity index (χ4v) is 2.17. The molecule has 2 aromatic rings. The van der Waals surface area contributed by atoms with E-state index in [1.165, 1.54) is 12.1 Å². The summed E-state index contributed by atoms with van der Waals surface area (Å²) in [6.07, 6.45) is -0.764. The van der Waals surface area contributed by atoms with Gasteiger partial charge in [0, 0.05) is 24.7 Å². The molecule has 2 aromatic carbocycles. The van der Waals surface area contributed by atoms with Crippen molar-refractivity contribution in [3.8, 4) is 11.5 Å². The first-order valence-corrected chi connectivity index (χ1v) is 6.99. The normalized spacial score (nSPS) is 12.0. The van der Waals surface area contributed by atoms with E-state index in [9.17, 15) is 9.50 Å². The molecule has 1 atom stereocenters. The Morgan fingerprint density at radius 2 is 1.95 bits per heavy atom. The highest BCUT2D eigenvalue weighted by Gasteiger charge is 2.09. The molecule has 22 heavy (non-hydrogen) atoms. The minimum Gasteiger partial charge on any atom is -0.497 e. The summed E-state index contributed by atoms with van der Waals surface area (Å²) >= 11 is 0. The molecule has 0 aliphatic heterocycles. The van der Waals surface area contributed by atoms with Crippen LogP contribution in [0.15, 0.2) is 42.5 Å². The number of nitrogens with one attached hydrogen (secondary N) is 1. The second kappa shape index (κ2) is 7.77. The van der Waals surface area contributed by atoms with Gasteiger partial charge in [0.05, 0.1) is 20.3 Å². The fraction of sp³-hybridized carbons (Fsp3) is 0.294. The van der Waals surface area contributed by atoms with Crippen molar-refractivity contribution in [2.45, 2.75) is 12.6 Å². The molecule has 0 unspecified atom stereocenters. The Morgan fingerprint density at radius 3 is 2.64 bits per heavy atom. The monoisotopic (exact) mass is 305 g/mol. The molecule has 0 bridgehead atoms. The average molecular weight is 305 g/mol. The zero-order chi connectivity index (χ0) is 15.9. The van der Waals surface area contributed by atoms with E-state index in [0.29, 0.717) is 24.4 Å². The highest BCUT2D eigenvalue weighted by Crippen LogP contribution is 2.24. The zero-order valence-corrected chi connectivity index (χ0v) is 12.7. The van der Waals surface area contributed by atoms with Crippen LogP contribution in [0.25, 0.3) is 0 Å². The molecule has 0 spiro atoms. The number of aliphatic hydroxyl groups is 1. The van der Waals surface area contributed by atoms with Crippen LogP contribution in [0.2, 0.25) is 0 Å². The van der Waals surface area contributed by atoms with E-state index in [-0.39, 0.29) is 5.82 Å². The van der Waals surface area contributed by atoms with E-state index < -0.39 is 6.10 Å². The lowest BCUT2D eigenvalue weighted by Gasteiger charge is -2.14. The van der Waals surface area contributed by atoms with Crippen LogP contribution in [0, 0.1) is 5.82 Å². The van der Waals surface area contributed by atoms with Gasteiger partial charge >= 0.3 is 0 Å². The Balaban J connectivity index is 1.93. The quantitative estimate of drug-likeness (QED) is 0.826. The van der Waals surface area contributed by atoms with Gasteiger partial charge in [0.15, 0.2) is 0 Å². The molecule has 0 aliphatic rings. The van der Waals surface area contributed by atoms with Gasteiger partial charge in [-0.2, -0.15) is 0 Å². The van der Waals surface area contributed by atoms with Crippen LogP contribution in [0.1, 0.15) is 17.2 Å². The van der Waals surface area contributed by atoms with Gasteiger partial charge < -0.3 is 19.9 Å². The van der Waals surface area contributed by atoms with Gasteiger partial charge in [-0.1, -0.05) is 18.2 Å². The lowest BCUT2D eigenvalue weighted by molar-refractivity contribution is 0.174. The van der Waals surface area contributed by atoms with Gasteiger partial charge in [0.25, 0.3) is 0 Å². The van der Waals surface area contributed by atoms with Crippen molar-refractivity contribution >= 4 is 0 Å². The minimum atomic E-state index is -0.764. The van der Waals surface area contributed by atoms with E-state index >= 15 is 0 Å². The molecule has 0 aliphatic carbocycles. The molecule has 118 valence electrons. The van der Waals surface area contributed by atoms with Crippen LogP contribution in [0.5, 0.6) is 11.5 Å². The van der Waals surface area contributed by atoms with Crippen LogP contribution in [0.4, 0.5) is 4.39 Å². The summed E-state index contributed by atoms with van der Waals surface area (Å²) in [7, 11) is 3.20. The average Bonchev–Trinajstić information content (AvgIpc) is 2.54. The van der Waals surface area contributed by atoms with Gasteiger partial charge in [-0.15, -0.1) is 0 Å². The molecule has 2 N–H and O–H groups in total. The summed E-state index contributed by atoms with van der Waals surface area (Å²) in [6.45, 7) is 0.845. The highest BCUT2D eigenvalue weighted by atomic mass is 19.1. The minimum absolute atomic E-state index is 0.318. The SMILES string of the molecule is COc1ccc(CNC[C@H](O)c2cccc(F)c2)c(OC)c1. The van der Waals surface area contributed by atoms with E-state index in [1.807, 2.05) is 12.1 Å². The van der Waals surface area contributed by atoms with Gasteiger partial charge in [0.2, 0.25) is 0 Å². The fourth-order valence-electron chi connectivity index (χ4n) is 2.17. The summed E-state index contributed by atoms with van der Waals surface area (Å²) < 4.78 is 23.6. The van der Waals surface area contributed by atoms with Crippen LogP contribution < -0.4 is 14.8 Å². The largest absolute Gasteiger partial charge is 0.497 e. The predicted molar refractivity (Wildman–Crippen MR) is 82.6 cm³/mol. The summed E-state index contributed by atoms with van der Waals surface area (Å²) in [5.74, 6) is 1.08. The molecule has 0 fully saturated rings. The van der Waals surface area contributed by atoms with Crippen LogP contribution in [0.3, 0.4) is 0 Å². The number of hydrogen-bond acceptors (Lipinski definition) is 4. The molecule has 0 aromatic heterocycles. The number of benzene rings is 2. The maximum Gasteiger partial charge on any atom is 0.127 e. The summed E-state index contributed by atoms with van der Waals surface area (Å²) in [5, 5.41) is 13.2. The van der Waals surface area contributed by atoms with Crippen molar-refractivity contribution in [1.29, 1.82) is 0 Å². The third-order valence-corrected chi connectivity index (χ3v) is 3.38. The Bertz CT molecular complexity index is 619. The molecule has 0 radical (unpaired) electrons. The second-order valence-corrected chi connectivity index (χ2v) is 4.88. The predicted octanol–water partition coefficient (Wildman–Crippen LogP) is 2.67. The molecular formula is C17H20FNO3. The number of ether oxygens (including phenoxy) is 2. The van der Waals surface area contributed by atoms with E-state index in [2.05, 4.69) is 5.32 Å². The number of methoxy groups -OCH3 is 2. The first kappa shape index (κ1) is 16.3. The van der Waals surface area contributed by atoms with E-state index in [0.717, 1.165) is 11.3 Å². The van der Waals surface area contributed by atoms with Crippen LogP contribution in [-0.2, 0) is 6.54 Å². The van der Waals surface area contributed by atoms with Crippen LogP contribution in [-0.4, -0.2) is 25.9 Å². The van der Waals surface area contributed by atoms with Gasteiger partial charge in [0.1, 0.15) is 17.3 Å². The molecule has 0 heterocycles. The van der Waals surface area contributed by atoms with Gasteiger partial charge in [-0.05, 0) is 23.8 Å². The molecule has 0 amide bonds. The third kappa shape index (κ3) is 4.19. The number of aliphatic hydroxyl groups excluding tert-OH is 1. The Hall–Kier alpha value is -2.11. The lowest BCUT2D eigenvalue weighted by atomic mass is 10.1. The molecular weight excluding hydrogens is 285 g/mol. The topological polar surface area (TPSA) is 50.7 Å². The van der Waals surface area contributed by atoms with Gasteiger partial charge in [-0.3, -0.25) is 0 Å². The van der Waals surface area contributed by atoms with Crippen molar-refractivity contribution in [2.24, 2.45) is 0 Å². The Kier molecular flexibility index (Phi) is 5.75. The maximum atomic E-state index is 13.1. The smallest absolute Gasteiger partial charge is 0.127 e. The molecule has 0 saturated carbocycles. The highest BCUT2D eigenvalue weighted by molar-refractivity contribution is 5.40. The molecule has 4 nitrogen and oxygen atoms in total. The number of rotatable bonds is 7. The zero-order valence-electron chi connectivity index (χ0n) is 12.7. The molecule has 0 saturated heterocycles. The number of halogens is 1.